The maximum absolute atomic E-state index is 9.49. The third-order valence-corrected chi connectivity index (χ3v) is 4.09. The molecule has 0 unspecified atom stereocenters. The summed E-state index contributed by atoms with van der Waals surface area (Å²) in [6.07, 6.45) is 0. The van der Waals surface area contributed by atoms with Crippen LogP contribution in [-0.2, 0) is 0 Å². The van der Waals surface area contributed by atoms with Crippen molar-refractivity contribution in [1.29, 1.82) is 0 Å². The Morgan fingerprint density at radius 3 is 2.50 bits per heavy atom. The highest BCUT2D eigenvalue weighted by atomic mass is 32.2. The van der Waals surface area contributed by atoms with Gasteiger partial charge in [0.25, 0.3) is 0 Å². The second kappa shape index (κ2) is 4.89. The Kier molecular flexibility index (Phi) is 3.51. The van der Waals surface area contributed by atoms with E-state index in [0.29, 0.717) is 10.8 Å². The minimum Gasteiger partial charge on any atom is -0.498 e. The molecule has 0 spiro atoms. The molecule has 1 aromatic heterocycles. The molecule has 0 aliphatic heterocycles. The van der Waals surface area contributed by atoms with E-state index in [0.717, 1.165) is 16.3 Å². The molecule has 0 aliphatic carbocycles. The van der Waals surface area contributed by atoms with Gasteiger partial charge in [-0.2, -0.15) is 0 Å². The number of aromatic hydroxyl groups is 1. The van der Waals surface area contributed by atoms with Crippen LogP contribution in [0.4, 0.5) is 0 Å². The highest BCUT2D eigenvalue weighted by Crippen LogP contribution is 2.33. The first-order chi connectivity index (χ1) is 7.70. The van der Waals surface area contributed by atoms with Gasteiger partial charge in [-0.15, -0.1) is 11.8 Å². The van der Waals surface area contributed by atoms with Gasteiger partial charge in [0.15, 0.2) is 5.06 Å². The lowest BCUT2D eigenvalue weighted by molar-refractivity contribution is 0.485. The zero-order valence-corrected chi connectivity index (χ0v) is 10.9. The first-order valence-electron chi connectivity index (χ1n) is 5.10. The molecule has 0 bridgehead atoms. The Labute approximate surface area is 103 Å². The third-order valence-electron chi connectivity index (χ3n) is 2.18. The zero-order valence-electron chi connectivity index (χ0n) is 9.23. The second-order valence-corrected chi connectivity index (χ2v) is 5.68. The van der Waals surface area contributed by atoms with Crippen LogP contribution < -0.4 is 0 Å². The van der Waals surface area contributed by atoms with Gasteiger partial charge in [-0.3, -0.25) is 0 Å². The van der Waals surface area contributed by atoms with Gasteiger partial charge in [-0.1, -0.05) is 30.4 Å². The number of hydrogen-bond acceptors (Lipinski definition) is 4. The lowest BCUT2D eigenvalue weighted by atomic mass is 10.2. The quantitative estimate of drug-likeness (QED) is 0.839. The van der Waals surface area contributed by atoms with Crippen molar-refractivity contribution in [2.45, 2.75) is 18.7 Å². The molecular formula is C12H13NOS2. The number of nitrogens with zero attached hydrogens (tertiary/aromatic N) is 1. The van der Waals surface area contributed by atoms with Crippen molar-refractivity contribution in [1.82, 2.24) is 4.98 Å². The first kappa shape index (κ1) is 11.5. The van der Waals surface area contributed by atoms with Crippen LogP contribution in [-0.4, -0.2) is 15.8 Å². The lowest BCUT2D eigenvalue weighted by Crippen LogP contribution is -1.78. The summed E-state index contributed by atoms with van der Waals surface area (Å²) in [6.45, 7) is 3.96. The topological polar surface area (TPSA) is 33.1 Å². The Morgan fingerprint density at radius 2 is 2.00 bits per heavy atom. The molecule has 0 saturated heterocycles. The fourth-order valence-corrected chi connectivity index (χ4v) is 2.85. The van der Waals surface area contributed by atoms with Gasteiger partial charge in [0.1, 0.15) is 5.01 Å². The first-order valence-corrected chi connectivity index (χ1v) is 6.90. The molecular weight excluding hydrogens is 238 g/mol. The minimum absolute atomic E-state index is 0.307. The Bertz CT molecular complexity index is 457. The summed E-state index contributed by atoms with van der Waals surface area (Å²) in [5, 5.41) is 10.7. The molecule has 84 valence electrons. The summed E-state index contributed by atoms with van der Waals surface area (Å²) in [4.78, 5) is 5.59. The molecule has 1 aromatic carbocycles. The molecule has 0 radical (unpaired) electrons. The van der Waals surface area contributed by atoms with Crippen LogP contribution in [0, 0.1) is 6.92 Å². The van der Waals surface area contributed by atoms with Crippen LogP contribution in [0.25, 0.3) is 10.6 Å². The highest BCUT2D eigenvalue weighted by Gasteiger charge is 2.07. The summed E-state index contributed by atoms with van der Waals surface area (Å²) in [5.74, 6) is 1.08. The normalized spacial score (nSPS) is 10.6. The van der Waals surface area contributed by atoms with Gasteiger partial charge < -0.3 is 5.11 Å². The number of aryl methyl sites for hydroxylation is 1. The van der Waals surface area contributed by atoms with E-state index in [4.69, 9.17) is 0 Å². The molecule has 0 atom stereocenters. The number of thiazole rings is 1. The van der Waals surface area contributed by atoms with E-state index >= 15 is 0 Å². The maximum atomic E-state index is 9.49. The van der Waals surface area contributed by atoms with Crippen LogP contribution in [0.2, 0.25) is 0 Å². The van der Waals surface area contributed by atoms with E-state index in [1.807, 2.05) is 18.7 Å². The molecule has 0 amide bonds. The van der Waals surface area contributed by atoms with Crippen LogP contribution in [0.1, 0.15) is 12.6 Å². The van der Waals surface area contributed by atoms with Crippen molar-refractivity contribution < 1.29 is 5.11 Å². The van der Waals surface area contributed by atoms with Crippen LogP contribution >= 0.6 is 23.1 Å². The van der Waals surface area contributed by atoms with Crippen molar-refractivity contribution in [2.24, 2.45) is 0 Å². The van der Waals surface area contributed by atoms with Gasteiger partial charge in [-0.05, 0) is 24.8 Å². The molecule has 16 heavy (non-hydrogen) atoms. The smallest absolute Gasteiger partial charge is 0.195 e. The standard InChI is InChI=1S/C12H13NOS2/c1-3-15-10-6-4-9(5-7-10)11-13-8(2)12(14)16-11/h4-7,14H,3H2,1-2H3. The summed E-state index contributed by atoms with van der Waals surface area (Å²) in [7, 11) is 0. The predicted octanol–water partition coefficient (Wildman–Crippen LogP) is 3.94. The van der Waals surface area contributed by atoms with Gasteiger partial charge >= 0.3 is 0 Å². The largest absolute Gasteiger partial charge is 0.498 e. The average Bonchev–Trinajstić information content (AvgIpc) is 2.61. The molecule has 4 heteroatoms. The summed E-state index contributed by atoms with van der Waals surface area (Å²) >= 11 is 3.15. The molecule has 2 nitrogen and oxygen atoms in total. The van der Waals surface area contributed by atoms with E-state index < -0.39 is 0 Å². The van der Waals surface area contributed by atoms with Gasteiger partial charge in [0, 0.05) is 10.5 Å². The zero-order chi connectivity index (χ0) is 11.5. The number of thioether (sulfide) groups is 1. The number of benzene rings is 1. The monoisotopic (exact) mass is 251 g/mol. The van der Waals surface area contributed by atoms with E-state index in [2.05, 4.69) is 36.2 Å². The van der Waals surface area contributed by atoms with E-state index in [-0.39, 0.29) is 0 Å². The van der Waals surface area contributed by atoms with Crippen molar-refractivity contribution in [3.05, 3.63) is 30.0 Å². The van der Waals surface area contributed by atoms with Gasteiger partial charge in [0.05, 0.1) is 5.69 Å². The second-order valence-electron chi connectivity index (χ2n) is 3.37. The van der Waals surface area contributed by atoms with Gasteiger partial charge in [-0.25, -0.2) is 4.98 Å². The van der Waals surface area contributed by atoms with E-state index in [1.165, 1.54) is 16.2 Å². The molecule has 1 heterocycles. The molecule has 0 aliphatic rings. The molecule has 2 rings (SSSR count). The number of hydrogen-bond donors (Lipinski definition) is 1. The van der Waals surface area contributed by atoms with Gasteiger partial charge in [0.2, 0.25) is 0 Å². The van der Waals surface area contributed by atoms with Crippen LogP contribution in [0.5, 0.6) is 5.06 Å². The highest BCUT2D eigenvalue weighted by molar-refractivity contribution is 7.99. The SMILES string of the molecule is CCSc1ccc(-c2nc(C)c(O)s2)cc1. The van der Waals surface area contributed by atoms with Crippen molar-refractivity contribution >= 4 is 23.1 Å². The lowest BCUT2D eigenvalue weighted by Gasteiger charge is -1.99. The molecule has 0 saturated carbocycles. The fourth-order valence-electron chi connectivity index (χ4n) is 1.37. The van der Waals surface area contributed by atoms with Crippen molar-refractivity contribution in [2.75, 3.05) is 5.75 Å². The number of aromatic nitrogens is 1. The summed E-state index contributed by atoms with van der Waals surface area (Å²) in [5.41, 5.74) is 1.76. The molecule has 2 aromatic rings. The van der Waals surface area contributed by atoms with E-state index in [9.17, 15) is 5.11 Å². The predicted molar refractivity (Wildman–Crippen MR) is 70.3 cm³/mol. The van der Waals surface area contributed by atoms with E-state index in [1.54, 1.807) is 0 Å². The average molecular weight is 251 g/mol. The maximum Gasteiger partial charge on any atom is 0.195 e. The Hall–Kier alpha value is -1.00. The van der Waals surface area contributed by atoms with Crippen molar-refractivity contribution in [3.8, 4) is 15.6 Å². The number of rotatable bonds is 3. The minimum atomic E-state index is 0.307. The van der Waals surface area contributed by atoms with Crippen LogP contribution in [0.15, 0.2) is 29.2 Å². The van der Waals surface area contributed by atoms with Crippen LogP contribution in [0.3, 0.4) is 0 Å². The van der Waals surface area contributed by atoms with Crippen molar-refractivity contribution in [3.63, 3.8) is 0 Å². The fraction of sp³-hybridized carbons (Fsp3) is 0.250. The summed E-state index contributed by atoms with van der Waals surface area (Å²) < 4.78 is 0. The summed E-state index contributed by atoms with van der Waals surface area (Å²) in [6, 6.07) is 8.29. The molecule has 0 fully saturated rings. The third kappa shape index (κ3) is 2.39. The molecule has 1 N–H and O–H groups in total. The Balaban J connectivity index is 2.27. The Morgan fingerprint density at radius 1 is 1.31 bits per heavy atom.